The van der Waals surface area contributed by atoms with Crippen LogP contribution in [0.4, 0.5) is 0 Å². The number of carbonyl (C=O) groups excluding carboxylic acids is 1. The van der Waals surface area contributed by atoms with Gasteiger partial charge in [0.25, 0.3) is 0 Å². The molecule has 0 atom stereocenters. The van der Waals surface area contributed by atoms with Crippen LogP contribution in [0.15, 0.2) is 53.9 Å². The second-order valence-corrected chi connectivity index (χ2v) is 8.17. The maximum absolute atomic E-state index is 13.1. The lowest BCUT2D eigenvalue weighted by Gasteiger charge is -2.12. The summed E-state index contributed by atoms with van der Waals surface area (Å²) in [5.41, 5.74) is 6.44. The molecule has 28 heavy (non-hydrogen) atoms. The highest BCUT2D eigenvalue weighted by molar-refractivity contribution is 7.13. The fourth-order valence-corrected chi connectivity index (χ4v) is 4.24. The lowest BCUT2D eigenvalue weighted by Crippen LogP contribution is -2.10. The minimum Gasteiger partial charge on any atom is -0.423 e. The summed E-state index contributed by atoms with van der Waals surface area (Å²) >= 11 is 1.61. The zero-order valence-electron chi connectivity index (χ0n) is 16.4. The van der Waals surface area contributed by atoms with E-state index in [-0.39, 0.29) is 5.97 Å². The molecule has 0 fully saturated rings. The predicted molar refractivity (Wildman–Crippen MR) is 115 cm³/mol. The third kappa shape index (κ3) is 3.56. The molecule has 4 aromatic rings. The monoisotopic (exact) mass is 387 g/mol. The molecule has 0 saturated heterocycles. The zero-order chi connectivity index (χ0) is 19.8. The minimum absolute atomic E-state index is 0.361. The number of fused-ring (bicyclic) bond motifs is 1. The van der Waals surface area contributed by atoms with Crippen molar-refractivity contribution in [2.45, 2.75) is 27.7 Å². The molecule has 0 spiro atoms. The van der Waals surface area contributed by atoms with Crippen molar-refractivity contribution in [3.8, 4) is 16.3 Å². The molecule has 4 heteroatoms. The lowest BCUT2D eigenvalue weighted by molar-refractivity contribution is 0.0736. The Morgan fingerprint density at radius 3 is 2.32 bits per heavy atom. The van der Waals surface area contributed by atoms with E-state index in [1.807, 2.05) is 69.5 Å². The van der Waals surface area contributed by atoms with Gasteiger partial charge in [0.1, 0.15) is 5.75 Å². The summed E-state index contributed by atoms with van der Waals surface area (Å²) in [6.07, 6.45) is 0. The van der Waals surface area contributed by atoms with E-state index in [1.54, 1.807) is 11.3 Å². The Balaban J connectivity index is 1.87. The van der Waals surface area contributed by atoms with Crippen LogP contribution in [-0.4, -0.2) is 11.0 Å². The number of thiophene rings is 1. The number of rotatable bonds is 3. The first-order chi connectivity index (χ1) is 13.4. The number of carbonyl (C=O) groups is 1. The maximum Gasteiger partial charge on any atom is 0.344 e. The van der Waals surface area contributed by atoms with E-state index in [4.69, 9.17) is 9.72 Å². The molecule has 2 aromatic carbocycles. The molecule has 0 aliphatic heterocycles. The second-order valence-electron chi connectivity index (χ2n) is 7.22. The second kappa shape index (κ2) is 7.21. The Morgan fingerprint density at radius 2 is 1.64 bits per heavy atom. The zero-order valence-corrected chi connectivity index (χ0v) is 17.2. The Hall–Kier alpha value is -2.98. The quantitative estimate of drug-likeness (QED) is 0.301. The number of aromatic nitrogens is 1. The highest BCUT2D eigenvalue weighted by Crippen LogP contribution is 2.31. The van der Waals surface area contributed by atoms with Crippen LogP contribution in [0.5, 0.6) is 5.75 Å². The van der Waals surface area contributed by atoms with Gasteiger partial charge >= 0.3 is 5.97 Å². The molecule has 0 bridgehead atoms. The number of hydrogen-bond donors (Lipinski definition) is 0. The summed E-state index contributed by atoms with van der Waals surface area (Å²) < 4.78 is 5.76. The third-order valence-electron chi connectivity index (χ3n) is 4.65. The highest BCUT2D eigenvalue weighted by Gasteiger charge is 2.18. The Kier molecular flexibility index (Phi) is 4.73. The van der Waals surface area contributed by atoms with Crippen molar-refractivity contribution in [1.82, 2.24) is 4.98 Å². The number of pyridine rings is 1. The van der Waals surface area contributed by atoms with Gasteiger partial charge in [-0.1, -0.05) is 23.8 Å². The van der Waals surface area contributed by atoms with E-state index < -0.39 is 0 Å². The summed E-state index contributed by atoms with van der Waals surface area (Å²) in [6, 6.07) is 15.8. The molecule has 3 nitrogen and oxygen atoms in total. The number of nitrogens with zero attached hydrogens (tertiary/aromatic N) is 1. The number of hydrogen-bond acceptors (Lipinski definition) is 4. The lowest BCUT2D eigenvalue weighted by atomic mass is 10.0. The van der Waals surface area contributed by atoms with Gasteiger partial charge in [0, 0.05) is 5.39 Å². The van der Waals surface area contributed by atoms with Crippen molar-refractivity contribution in [2.75, 3.05) is 0 Å². The molecular formula is C24H21NO2S. The largest absolute Gasteiger partial charge is 0.423 e. The fraction of sp³-hybridized carbons (Fsp3) is 0.167. The fourth-order valence-electron chi connectivity index (χ4n) is 3.55. The Labute approximate surface area is 168 Å². The van der Waals surface area contributed by atoms with Gasteiger partial charge in [-0.25, -0.2) is 9.78 Å². The van der Waals surface area contributed by atoms with E-state index >= 15 is 0 Å². The van der Waals surface area contributed by atoms with E-state index in [0.717, 1.165) is 43.7 Å². The van der Waals surface area contributed by atoms with E-state index in [9.17, 15) is 4.79 Å². The summed E-state index contributed by atoms with van der Waals surface area (Å²) in [5.74, 6) is 0.203. The summed E-state index contributed by atoms with van der Waals surface area (Å²) in [7, 11) is 0. The standard InChI is InChI=1S/C24H21NO2S/c1-14-8-15(2)11-18(10-14)27-24(26)20-13-21(22-6-5-7-28-22)25-23-17(4)9-16(3)12-19(20)23/h5-13H,1-4H3. The normalized spacial score (nSPS) is 11.0. The van der Waals surface area contributed by atoms with Gasteiger partial charge in [-0.3, -0.25) is 0 Å². The van der Waals surface area contributed by atoms with Crippen molar-refractivity contribution < 1.29 is 9.53 Å². The molecule has 4 rings (SSSR count). The van der Waals surface area contributed by atoms with Crippen LogP contribution >= 0.6 is 11.3 Å². The molecule has 0 saturated carbocycles. The molecule has 0 amide bonds. The summed E-state index contributed by atoms with van der Waals surface area (Å²) in [5, 5.41) is 2.84. The first kappa shape index (κ1) is 18.4. The number of esters is 1. The third-order valence-corrected chi connectivity index (χ3v) is 5.54. The highest BCUT2D eigenvalue weighted by atomic mass is 32.1. The van der Waals surface area contributed by atoms with Crippen LogP contribution in [0.2, 0.25) is 0 Å². The molecule has 0 aliphatic carbocycles. The molecule has 140 valence electrons. The van der Waals surface area contributed by atoms with Crippen LogP contribution < -0.4 is 4.74 Å². The van der Waals surface area contributed by atoms with Crippen LogP contribution in [0.3, 0.4) is 0 Å². The molecule has 2 heterocycles. The minimum atomic E-state index is -0.361. The smallest absolute Gasteiger partial charge is 0.344 e. The van der Waals surface area contributed by atoms with Crippen LogP contribution in [0.1, 0.15) is 32.6 Å². The molecule has 0 N–H and O–H groups in total. The van der Waals surface area contributed by atoms with Crippen molar-refractivity contribution in [1.29, 1.82) is 0 Å². The first-order valence-corrected chi connectivity index (χ1v) is 10.0. The van der Waals surface area contributed by atoms with Gasteiger partial charge in [-0.05, 0) is 80.1 Å². The average molecular weight is 388 g/mol. The topological polar surface area (TPSA) is 39.2 Å². The van der Waals surface area contributed by atoms with Crippen molar-refractivity contribution in [3.05, 3.63) is 81.7 Å². The maximum atomic E-state index is 13.1. The van der Waals surface area contributed by atoms with Gasteiger partial charge in [0.2, 0.25) is 0 Å². The van der Waals surface area contributed by atoms with Crippen LogP contribution in [0, 0.1) is 27.7 Å². The van der Waals surface area contributed by atoms with Crippen molar-refractivity contribution >= 4 is 28.2 Å². The van der Waals surface area contributed by atoms with Gasteiger partial charge in [-0.2, -0.15) is 0 Å². The van der Waals surface area contributed by atoms with E-state index in [1.165, 1.54) is 0 Å². The Morgan fingerprint density at radius 1 is 0.929 bits per heavy atom. The van der Waals surface area contributed by atoms with Gasteiger partial charge in [0.05, 0.1) is 21.7 Å². The van der Waals surface area contributed by atoms with Crippen molar-refractivity contribution in [3.63, 3.8) is 0 Å². The van der Waals surface area contributed by atoms with E-state index in [0.29, 0.717) is 11.3 Å². The van der Waals surface area contributed by atoms with Gasteiger partial charge in [-0.15, -0.1) is 11.3 Å². The molecular weight excluding hydrogens is 366 g/mol. The average Bonchev–Trinajstić information content (AvgIpc) is 3.14. The van der Waals surface area contributed by atoms with Gasteiger partial charge in [0.15, 0.2) is 0 Å². The van der Waals surface area contributed by atoms with Crippen LogP contribution in [-0.2, 0) is 0 Å². The predicted octanol–water partition coefficient (Wildman–Crippen LogP) is 6.42. The molecule has 0 radical (unpaired) electrons. The summed E-state index contributed by atoms with van der Waals surface area (Å²) in [4.78, 5) is 19.0. The number of ether oxygens (including phenoxy) is 1. The molecule has 0 aliphatic rings. The van der Waals surface area contributed by atoms with Gasteiger partial charge < -0.3 is 4.74 Å². The van der Waals surface area contributed by atoms with Crippen LogP contribution in [0.25, 0.3) is 21.5 Å². The van der Waals surface area contributed by atoms with Crippen molar-refractivity contribution in [2.24, 2.45) is 0 Å². The molecule has 0 unspecified atom stereocenters. The van der Waals surface area contributed by atoms with E-state index in [2.05, 4.69) is 12.1 Å². The number of aryl methyl sites for hydroxylation is 4. The SMILES string of the molecule is Cc1cc(C)cc(OC(=O)c2cc(-c3cccs3)nc3c(C)cc(C)cc23)c1. The number of benzene rings is 2. The summed E-state index contributed by atoms with van der Waals surface area (Å²) in [6.45, 7) is 8.04. The first-order valence-electron chi connectivity index (χ1n) is 9.17. The molecule has 2 aromatic heterocycles. The Bertz CT molecular complexity index is 1170.